The quantitative estimate of drug-likeness (QED) is 0.0784. The molecule has 0 N–H and O–H groups in total. The summed E-state index contributed by atoms with van der Waals surface area (Å²) >= 11 is 1.53. The topological polar surface area (TPSA) is 48.7 Å². The van der Waals surface area contributed by atoms with Gasteiger partial charge in [0.1, 0.15) is 11.3 Å². The Morgan fingerprint density at radius 2 is 1.62 bits per heavy atom. The van der Waals surface area contributed by atoms with Crippen LogP contribution in [0.5, 0.6) is 5.75 Å². The van der Waals surface area contributed by atoms with Gasteiger partial charge in [-0.2, -0.15) is 0 Å². The lowest BCUT2D eigenvalue weighted by atomic mass is 10.1. The molecule has 0 aliphatic rings. The Morgan fingerprint density at radius 1 is 0.973 bits per heavy atom. The molecule has 37 heavy (non-hydrogen) atoms. The Morgan fingerprint density at radius 3 is 2.27 bits per heavy atom. The monoisotopic (exact) mass is 562 g/mol. The van der Waals surface area contributed by atoms with Gasteiger partial charge < -0.3 is 13.9 Å². The first-order valence-electron chi connectivity index (χ1n) is 13.3. The fourth-order valence-electron chi connectivity index (χ4n) is 4.18. The van der Waals surface area contributed by atoms with Crippen molar-refractivity contribution in [3.8, 4) is 5.75 Å². The summed E-state index contributed by atoms with van der Waals surface area (Å²) in [6.07, 6.45) is 6.81. The number of thioether (sulfide) groups is 1. The van der Waals surface area contributed by atoms with Crippen LogP contribution in [0.2, 0.25) is 0 Å². The molecule has 2 unspecified atom stereocenters. The van der Waals surface area contributed by atoms with E-state index in [0.717, 1.165) is 60.5 Å². The van der Waals surface area contributed by atoms with Crippen LogP contribution < -0.4 is 10.4 Å². The van der Waals surface area contributed by atoms with Gasteiger partial charge in [-0.25, -0.2) is 4.79 Å². The molecule has 1 heterocycles. The van der Waals surface area contributed by atoms with Gasteiger partial charge in [0.05, 0.1) is 6.35 Å². The zero-order chi connectivity index (χ0) is 27.3. The summed E-state index contributed by atoms with van der Waals surface area (Å²) in [6, 6.07) is 5.24. The van der Waals surface area contributed by atoms with Gasteiger partial charge in [-0.3, -0.25) is 0 Å². The van der Waals surface area contributed by atoms with Crippen LogP contribution >= 0.6 is 19.7 Å². The largest absolute Gasteiger partial charge is 0.573 e. The fourth-order valence-corrected chi connectivity index (χ4v) is 6.70. The van der Waals surface area contributed by atoms with Crippen LogP contribution in [-0.2, 0) is 4.74 Å². The summed E-state index contributed by atoms with van der Waals surface area (Å²) in [5.74, 6) is 1.19. The van der Waals surface area contributed by atoms with Crippen molar-refractivity contribution in [1.29, 1.82) is 0 Å². The first-order valence-corrected chi connectivity index (χ1v) is 16.3. The molecule has 0 aliphatic heterocycles. The molecular formula is C28H42F3O4PS. The molecule has 2 atom stereocenters. The number of benzene rings is 1. The van der Waals surface area contributed by atoms with Gasteiger partial charge in [0.2, 0.25) is 0 Å². The normalized spacial score (nSPS) is 13.8. The van der Waals surface area contributed by atoms with Gasteiger partial charge in [-0.05, 0) is 55.4 Å². The maximum atomic E-state index is 12.5. The minimum Gasteiger partial charge on any atom is -0.423 e. The van der Waals surface area contributed by atoms with Crippen molar-refractivity contribution in [2.75, 3.05) is 25.4 Å². The molecule has 4 nitrogen and oxygen atoms in total. The molecule has 0 fully saturated rings. The molecular weight excluding hydrogens is 520 g/mol. The van der Waals surface area contributed by atoms with E-state index in [-0.39, 0.29) is 13.5 Å². The number of halogens is 3. The summed E-state index contributed by atoms with van der Waals surface area (Å²) in [6.45, 7) is 10.2. The highest BCUT2D eigenvalue weighted by molar-refractivity contribution is 7.99. The van der Waals surface area contributed by atoms with Crippen molar-refractivity contribution < 1.29 is 27.1 Å². The molecule has 0 spiro atoms. The molecule has 2 rings (SSSR count). The third-order valence-corrected chi connectivity index (χ3v) is 9.66. The zero-order valence-electron chi connectivity index (χ0n) is 22.6. The molecule has 0 amide bonds. The molecule has 0 saturated heterocycles. The van der Waals surface area contributed by atoms with E-state index in [1.807, 2.05) is 0 Å². The fraction of sp³-hybridized carbons (Fsp3) is 0.679. The Balaban J connectivity index is 1.55. The predicted octanol–water partition coefficient (Wildman–Crippen LogP) is 9.42. The molecule has 0 radical (unpaired) electrons. The molecule has 2 aromatic rings. The van der Waals surface area contributed by atoms with Gasteiger partial charge in [-0.1, -0.05) is 67.2 Å². The zero-order valence-corrected chi connectivity index (χ0v) is 24.3. The van der Waals surface area contributed by atoms with Gasteiger partial charge in [-0.15, -0.1) is 24.9 Å². The standard InChI is InChI=1S/C28H42F3O4PS/c1-21(2)17-22(3)36(4)20-33-15-11-9-7-5-6-8-10-12-16-37-26-19-27(32)34-25-18-23(13-14-24(25)26)35-28(29,30)31/h13-14,18-19,21-22H,5-12,15-17,20H2,1-4H3. The number of hydrogen-bond donors (Lipinski definition) is 0. The minimum atomic E-state index is -4.79. The van der Waals surface area contributed by atoms with Crippen LogP contribution in [-0.4, -0.2) is 37.4 Å². The van der Waals surface area contributed by atoms with E-state index in [1.54, 1.807) is 0 Å². The van der Waals surface area contributed by atoms with Gasteiger partial charge in [0, 0.05) is 29.0 Å². The number of rotatable bonds is 18. The van der Waals surface area contributed by atoms with Crippen LogP contribution in [0.25, 0.3) is 11.0 Å². The highest BCUT2D eigenvalue weighted by Crippen LogP contribution is 2.40. The van der Waals surface area contributed by atoms with Crippen molar-refractivity contribution in [3.63, 3.8) is 0 Å². The van der Waals surface area contributed by atoms with Crippen molar-refractivity contribution in [2.45, 2.75) is 95.5 Å². The van der Waals surface area contributed by atoms with E-state index in [1.165, 1.54) is 68.5 Å². The third kappa shape index (κ3) is 13.4. The average Bonchev–Trinajstić information content (AvgIpc) is 2.79. The number of ether oxygens (including phenoxy) is 2. The van der Waals surface area contributed by atoms with E-state index >= 15 is 0 Å². The molecule has 1 aromatic carbocycles. The Kier molecular flexibility index (Phi) is 14.4. The average molecular weight is 563 g/mol. The van der Waals surface area contributed by atoms with Crippen molar-refractivity contribution in [3.05, 3.63) is 34.7 Å². The van der Waals surface area contributed by atoms with Crippen LogP contribution in [0.3, 0.4) is 0 Å². The van der Waals surface area contributed by atoms with Crippen molar-refractivity contribution >= 4 is 30.7 Å². The first-order chi connectivity index (χ1) is 17.5. The summed E-state index contributed by atoms with van der Waals surface area (Å²) in [7, 11) is -0.0304. The maximum absolute atomic E-state index is 12.5. The smallest absolute Gasteiger partial charge is 0.423 e. The molecule has 210 valence electrons. The maximum Gasteiger partial charge on any atom is 0.573 e. The molecule has 9 heteroatoms. The van der Waals surface area contributed by atoms with Crippen LogP contribution in [0.15, 0.2) is 38.4 Å². The van der Waals surface area contributed by atoms with E-state index in [2.05, 4.69) is 32.2 Å². The summed E-state index contributed by atoms with van der Waals surface area (Å²) in [5.41, 5.74) is 0.286. The first kappa shape index (κ1) is 32.0. The van der Waals surface area contributed by atoms with E-state index in [0.29, 0.717) is 5.39 Å². The molecule has 1 aromatic heterocycles. The molecule has 0 bridgehead atoms. The lowest BCUT2D eigenvalue weighted by molar-refractivity contribution is -0.274. The second kappa shape index (κ2) is 16.7. The van der Waals surface area contributed by atoms with Crippen LogP contribution in [0.1, 0.15) is 78.6 Å². The number of fused-ring (bicyclic) bond motifs is 1. The number of alkyl halides is 3. The minimum absolute atomic E-state index is 0.0304. The third-order valence-electron chi connectivity index (χ3n) is 6.21. The van der Waals surface area contributed by atoms with Crippen molar-refractivity contribution in [2.24, 2.45) is 5.92 Å². The van der Waals surface area contributed by atoms with E-state index in [4.69, 9.17) is 9.15 Å². The number of hydrogen-bond acceptors (Lipinski definition) is 5. The van der Waals surface area contributed by atoms with E-state index < -0.39 is 17.7 Å². The molecule has 0 saturated carbocycles. The summed E-state index contributed by atoms with van der Waals surface area (Å²) in [4.78, 5) is 12.6. The predicted molar refractivity (Wildman–Crippen MR) is 149 cm³/mol. The Labute approximate surface area is 224 Å². The highest BCUT2D eigenvalue weighted by Gasteiger charge is 2.31. The van der Waals surface area contributed by atoms with Gasteiger partial charge in [0.25, 0.3) is 0 Å². The van der Waals surface area contributed by atoms with E-state index in [9.17, 15) is 18.0 Å². The second-order valence-electron chi connectivity index (χ2n) is 10.1. The summed E-state index contributed by atoms with van der Waals surface area (Å²) < 4.78 is 52.3. The highest BCUT2D eigenvalue weighted by atomic mass is 32.2. The Hall–Kier alpha value is -1.24. The Bertz CT molecular complexity index is 980. The number of unbranched alkanes of at least 4 members (excludes halogenated alkanes) is 7. The molecule has 0 aliphatic carbocycles. The second-order valence-corrected chi connectivity index (χ2v) is 13.9. The van der Waals surface area contributed by atoms with Crippen LogP contribution in [0, 0.1) is 5.92 Å². The van der Waals surface area contributed by atoms with Gasteiger partial charge in [0.15, 0.2) is 0 Å². The lowest BCUT2D eigenvalue weighted by Gasteiger charge is -2.22. The van der Waals surface area contributed by atoms with Gasteiger partial charge >= 0.3 is 12.0 Å². The SMILES string of the molecule is CC(C)CC(C)P(C)COCCCCCCCCCCSc1cc(=O)oc2cc(OC(F)(F)F)ccc12. The lowest BCUT2D eigenvalue weighted by Crippen LogP contribution is -2.17. The summed E-state index contributed by atoms with van der Waals surface area (Å²) in [5, 5.41) is 0.615. The van der Waals surface area contributed by atoms with Crippen LogP contribution in [0.4, 0.5) is 13.2 Å². The van der Waals surface area contributed by atoms with Crippen molar-refractivity contribution in [1.82, 2.24) is 0 Å².